The van der Waals surface area contributed by atoms with Crippen molar-refractivity contribution in [3.63, 3.8) is 0 Å². The molecule has 0 aliphatic rings. The molecular formula is C14H20O4S. The van der Waals surface area contributed by atoms with Crippen molar-refractivity contribution in [1.82, 2.24) is 0 Å². The zero-order valence-corrected chi connectivity index (χ0v) is 12.6. The average Bonchev–Trinajstić information content (AvgIpc) is 2.36. The Balaban J connectivity index is 3.56. The largest absolute Gasteiger partial charge is 0.465 e. The molecule has 0 fully saturated rings. The van der Waals surface area contributed by atoms with Gasteiger partial charge in [-0.15, -0.1) is 0 Å². The Labute approximate surface area is 114 Å². The van der Waals surface area contributed by atoms with Gasteiger partial charge in [0.05, 0.1) is 17.6 Å². The highest BCUT2D eigenvalue weighted by Gasteiger charge is 2.20. The highest BCUT2D eigenvalue weighted by Crippen LogP contribution is 2.24. The summed E-state index contributed by atoms with van der Waals surface area (Å²) in [6.45, 7) is 3.92. The van der Waals surface area contributed by atoms with Gasteiger partial charge in [0.2, 0.25) is 0 Å². The van der Waals surface area contributed by atoms with E-state index in [9.17, 15) is 13.2 Å². The van der Waals surface area contributed by atoms with Gasteiger partial charge in [0, 0.05) is 6.26 Å². The van der Waals surface area contributed by atoms with E-state index >= 15 is 0 Å². The SMILES string of the molecule is CCCc1cc(CC)c(C(=O)OC)cc1S(C)(=O)=O. The molecule has 1 rings (SSSR count). The average molecular weight is 284 g/mol. The van der Waals surface area contributed by atoms with Crippen LogP contribution in [0, 0.1) is 0 Å². The van der Waals surface area contributed by atoms with Gasteiger partial charge >= 0.3 is 5.97 Å². The molecule has 0 unspecified atom stereocenters. The van der Waals surface area contributed by atoms with Crippen molar-refractivity contribution in [2.75, 3.05) is 13.4 Å². The molecule has 0 amide bonds. The van der Waals surface area contributed by atoms with Crippen LogP contribution in [0.5, 0.6) is 0 Å². The van der Waals surface area contributed by atoms with Gasteiger partial charge in [-0.3, -0.25) is 0 Å². The molecule has 0 spiro atoms. The van der Waals surface area contributed by atoms with Crippen LogP contribution in [0.3, 0.4) is 0 Å². The molecule has 0 heterocycles. The van der Waals surface area contributed by atoms with Gasteiger partial charge in [-0.2, -0.15) is 0 Å². The van der Waals surface area contributed by atoms with Gasteiger partial charge < -0.3 is 4.74 Å². The molecule has 0 aromatic heterocycles. The summed E-state index contributed by atoms with van der Waals surface area (Å²) in [7, 11) is -2.06. The van der Waals surface area contributed by atoms with Crippen LogP contribution < -0.4 is 0 Å². The number of aryl methyl sites for hydroxylation is 2. The monoisotopic (exact) mass is 284 g/mol. The lowest BCUT2D eigenvalue weighted by Gasteiger charge is -2.13. The zero-order valence-electron chi connectivity index (χ0n) is 11.8. The Morgan fingerprint density at radius 2 is 1.84 bits per heavy atom. The molecule has 19 heavy (non-hydrogen) atoms. The van der Waals surface area contributed by atoms with Crippen molar-refractivity contribution in [1.29, 1.82) is 0 Å². The molecule has 1 aromatic rings. The number of sulfone groups is 1. The zero-order chi connectivity index (χ0) is 14.6. The Bertz CT molecular complexity index is 573. The van der Waals surface area contributed by atoms with Crippen LogP contribution in [0.1, 0.15) is 41.8 Å². The Morgan fingerprint density at radius 3 is 2.26 bits per heavy atom. The van der Waals surface area contributed by atoms with Crippen LogP contribution in [0.2, 0.25) is 0 Å². The molecule has 0 bridgehead atoms. The highest BCUT2D eigenvalue weighted by molar-refractivity contribution is 7.90. The smallest absolute Gasteiger partial charge is 0.338 e. The fraction of sp³-hybridized carbons (Fsp3) is 0.500. The molecule has 0 aliphatic heterocycles. The summed E-state index contributed by atoms with van der Waals surface area (Å²) >= 11 is 0. The summed E-state index contributed by atoms with van der Waals surface area (Å²) in [6.07, 6.45) is 3.35. The first kappa shape index (κ1) is 15.7. The quantitative estimate of drug-likeness (QED) is 0.779. The fourth-order valence-electron chi connectivity index (χ4n) is 2.08. The number of esters is 1. The van der Waals surface area contributed by atoms with E-state index in [0.29, 0.717) is 18.4 Å². The van der Waals surface area contributed by atoms with Crippen LogP contribution >= 0.6 is 0 Å². The maximum absolute atomic E-state index is 11.8. The number of hydrogen-bond acceptors (Lipinski definition) is 4. The van der Waals surface area contributed by atoms with Crippen molar-refractivity contribution in [3.05, 3.63) is 28.8 Å². The lowest BCUT2D eigenvalue weighted by Crippen LogP contribution is -2.11. The second-order valence-corrected chi connectivity index (χ2v) is 6.47. The van der Waals surface area contributed by atoms with Gasteiger partial charge in [0.25, 0.3) is 0 Å². The Hall–Kier alpha value is -1.36. The standard InChI is InChI=1S/C14H20O4S/c1-5-7-11-8-10(6-2)12(14(15)18-3)9-13(11)19(4,16)17/h8-9H,5-7H2,1-4H3. The summed E-state index contributed by atoms with van der Waals surface area (Å²) in [5.74, 6) is -0.496. The van der Waals surface area contributed by atoms with E-state index in [1.807, 2.05) is 19.9 Å². The predicted octanol–water partition coefficient (Wildman–Crippen LogP) is 2.39. The molecule has 0 saturated carbocycles. The second-order valence-electron chi connectivity index (χ2n) is 4.48. The summed E-state index contributed by atoms with van der Waals surface area (Å²) in [6, 6.07) is 3.26. The van der Waals surface area contributed by atoms with E-state index in [1.165, 1.54) is 13.2 Å². The third kappa shape index (κ3) is 3.56. The summed E-state index contributed by atoms with van der Waals surface area (Å²) in [5, 5.41) is 0. The van der Waals surface area contributed by atoms with Gasteiger partial charge in [-0.1, -0.05) is 26.3 Å². The second kappa shape index (κ2) is 6.19. The minimum atomic E-state index is -3.35. The molecule has 106 valence electrons. The molecule has 0 aliphatic carbocycles. The number of hydrogen-bond donors (Lipinski definition) is 0. The van der Waals surface area contributed by atoms with E-state index < -0.39 is 15.8 Å². The fourth-order valence-corrected chi connectivity index (χ4v) is 3.05. The number of methoxy groups -OCH3 is 1. The molecule has 0 atom stereocenters. The predicted molar refractivity (Wildman–Crippen MR) is 74.3 cm³/mol. The van der Waals surface area contributed by atoms with Crippen molar-refractivity contribution in [3.8, 4) is 0 Å². The third-order valence-electron chi connectivity index (χ3n) is 2.99. The summed E-state index contributed by atoms with van der Waals surface area (Å²) in [4.78, 5) is 12.0. The van der Waals surface area contributed by atoms with Crippen LogP contribution in [0.4, 0.5) is 0 Å². The number of benzene rings is 1. The van der Waals surface area contributed by atoms with Gasteiger partial charge in [-0.05, 0) is 30.0 Å². The molecular weight excluding hydrogens is 264 g/mol. The van der Waals surface area contributed by atoms with E-state index in [1.54, 1.807) is 0 Å². The molecule has 5 heteroatoms. The van der Waals surface area contributed by atoms with Gasteiger partial charge in [-0.25, -0.2) is 13.2 Å². The van der Waals surface area contributed by atoms with E-state index in [4.69, 9.17) is 4.74 Å². The number of carbonyl (C=O) groups excluding carboxylic acids is 1. The number of carbonyl (C=O) groups is 1. The highest BCUT2D eigenvalue weighted by atomic mass is 32.2. The van der Waals surface area contributed by atoms with Crippen LogP contribution in [0.15, 0.2) is 17.0 Å². The first-order chi connectivity index (χ1) is 8.85. The summed E-state index contributed by atoms with van der Waals surface area (Å²) < 4.78 is 28.4. The van der Waals surface area contributed by atoms with Crippen molar-refractivity contribution in [2.24, 2.45) is 0 Å². The van der Waals surface area contributed by atoms with Crippen molar-refractivity contribution in [2.45, 2.75) is 38.0 Å². The molecule has 0 saturated heterocycles. The van der Waals surface area contributed by atoms with Gasteiger partial charge in [0.15, 0.2) is 9.84 Å². The lowest BCUT2D eigenvalue weighted by atomic mass is 9.99. The van der Waals surface area contributed by atoms with E-state index in [0.717, 1.165) is 23.8 Å². The molecule has 4 nitrogen and oxygen atoms in total. The number of rotatable bonds is 5. The van der Waals surface area contributed by atoms with Crippen molar-refractivity contribution >= 4 is 15.8 Å². The first-order valence-electron chi connectivity index (χ1n) is 6.29. The minimum absolute atomic E-state index is 0.229. The Morgan fingerprint density at radius 1 is 1.21 bits per heavy atom. The molecule has 0 radical (unpaired) electrons. The number of ether oxygens (including phenoxy) is 1. The van der Waals surface area contributed by atoms with E-state index in [2.05, 4.69) is 0 Å². The maximum atomic E-state index is 11.8. The molecule has 1 aromatic carbocycles. The Kier molecular flexibility index (Phi) is 5.11. The van der Waals surface area contributed by atoms with Crippen LogP contribution in [-0.2, 0) is 27.4 Å². The van der Waals surface area contributed by atoms with Crippen molar-refractivity contribution < 1.29 is 17.9 Å². The topological polar surface area (TPSA) is 60.4 Å². The summed E-state index contributed by atoms with van der Waals surface area (Å²) in [5.41, 5.74) is 1.93. The first-order valence-corrected chi connectivity index (χ1v) is 8.18. The normalized spacial score (nSPS) is 11.4. The van der Waals surface area contributed by atoms with Crippen LogP contribution in [-0.4, -0.2) is 27.8 Å². The minimum Gasteiger partial charge on any atom is -0.465 e. The third-order valence-corrected chi connectivity index (χ3v) is 4.17. The maximum Gasteiger partial charge on any atom is 0.338 e. The lowest BCUT2D eigenvalue weighted by molar-refractivity contribution is 0.0599. The van der Waals surface area contributed by atoms with Crippen LogP contribution in [0.25, 0.3) is 0 Å². The van der Waals surface area contributed by atoms with E-state index in [-0.39, 0.29) is 4.90 Å². The van der Waals surface area contributed by atoms with Gasteiger partial charge in [0.1, 0.15) is 0 Å². The molecule has 0 N–H and O–H groups in total.